The molecule has 3 heterocycles. The Morgan fingerprint density at radius 2 is 2.00 bits per heavy atom. The quantitative estimate of drug-likeness (QED) is 0.195. The summed E-state index contributed by atoms with van der Waals surface area (Å²) >= 11 is 9.25. The van der Waals surface area contributed by atoms with Crippen molar-refractivity contribution >= 4 is 40.6 Å². The van der Waals surface area contributed by atoms with Gasteiger partial charge in [-0.3, -0.25) is 14.3 Å². The van der Waals surface area contributed by atoms with E-state index in [1.165, 1.54) is 35.9 Å². The SMILES string of the molecule is CCCCCCNC(=O)c1csc(CSc2nnc(-c3ccncc3)n2-c2cccc(Cl)c2)n1. The first kappa shape index (κ1) is 24.4. The number of nitrogens with zero attached hydrogens (tertiary/aromatic N) is 5. The number of pyridine rings is 1. The lowest BCUT2D eigenvalue weighted by Gasteiger charge is -2.10. The molecule has 0 aliphatic rings. The number of carbonyl (C=O) groups excluding carboxylic acids is 1. The molecule has 0 radical (unpaired) electrons. The Kier molecular flexibility index (Phi) is 8.67. The normalized spacial score (nSPS) is 11.0. The maximum absolute atomic E-state index is 12.4. The van der Waals surface area contributed by atoms with Gasteiger partial charge in [0, 0.05) is 34.9 Å². The molecule has 10 heteroatoms. The topological polar surface area (TPSA) is 85.6 Å². The Bertz CT molecular complexity index is 1230. The molecule has 176 valence electrons. The molecule has 0 saturated heterocycles. The van der Waals surface area contributed by atoms with Crippen molar-refractivity contribution in [1.82, 2.24) is 30.0 Å². The average Bonchev–Trinajstić information content (AvgIpc) is 3.50. The van der Waals surface area contributed by atoms with Crippen LogP contribution in [0.3, 0.4) is 0 Å². The molecule has 1 N–H and O–H groups in total. The zero-order chi connectivity index (χ0) is 23.8. The van der Waals surface area contributed by atoms with Crippen LogP contribution in [0.4, 0.5) is 0 Å². The van der Waals surface area contributed by atoms with Gasteiger partial charge in [-0.2, -0.15) is 0 Å². The minimum absolute atomic E-state index is 0.119. The average molecular weight is 513 g/mol. The molecule has 0 fully saturated rings. The van der Waals surface area contributed by atoms with E-state index in [-0.39, 0.29) is 5.91 Å². The van der Waals surface area contributed by atoms with Gasteiger partial charge in [-0.1, -0.05) is 55.6 Å². The minimum Gasteiger partial charge on any atom is -0.351 e. The Hall–Kier alpha value is -2.75. The van der Waals surface area contributed by atoms with Crippen molar-refractivity contribution in [3.05, 3.63) is 69.9 Å². The Labute approximate surface area is 212 Å². The number of unbranched alkanes of at least 4 members (excludes halogenated alkanes) is 3. The first-order valence-electron chi connectivity index (χ1n) is 11.1. The molecule has 0 bridgehead atoms. The van der Waals surface area contributed by atoms with E-state index in [9.17, 15) is 4.79 Å². The first-order valence-corrected chi connectivity index (χ1v) is 13.4. The van der Waals surface area contributed by atoms with Crippen LogP contribution in [0.1, 0.15) is 48.1 Å². The lowest BCUT2D eigenvalue weighted by Crippen LogP contribution is -2.24. The Balaban J connectivity index is 1.48. The molecule has 3 aromatic heterocycles. The van der Waals surface area contributed by atoms with Crippen molar-refractivity contribution < 1.29 is 4.79 Å². The van der Waals surface area contributed by atoms with Gasteiger partial charge < -0.3 is 5.32 Å². The van der Waals surface area contributed by atoms with Crippen LogP contribution in [0.5, 0.6) is 0 Å². The van der Waals surface area contributed by atoms with Gasteiger partial charge in [-0.05, 0) is 36.8 Å². The van der Waals surface area contributed by atoms with Gasteiger partial charge >= 0.3 is 0 Å². The number of thiazole rings is 1. The lowest BCUT2D eigenvalue weighted by molar-refractivity contribution is 0.0948. The predicted octanol–water partition coefficient (Wildman–Crippen LogP) is 6.04. The van der Waals surface area contributed by atoms with E-state index in [0.717, 1.165) is 29.1 Å². The fraction of sp³-hybridized carbons (Fsp3) is 0.292. The van der Waals surface area contributed by atoms with Crippen LogP contribution in [0.25, 0.3) is 17.1 Å². The highest BCUT2D eigenvalue weighted by molar-refractivity contribution is 7.98. The summed E-state index contributed by atoms with van der Waals surface area (Å²) in [5.41, 5.74) is 2.24. The van der Waals surface area contributed by atoms with Crippen LogP contribution in [-0.4, -0.2) is 37.2 Å². The zero-order valence-corrected chi connectivity index (χ0v) is 21.2. The smallest absolute Gasteiger partial charge is 0.270 e. The van der Waals surface area contributed by atoms with Gasteiger partial charge in [-0.15, -0.1) is 21.5 Å². The van der Waals surface area contributed by atoms with Crippen molar-refractivity contribution in [1.29, 1.82) is 0 Å². The summed E-state index contributed by atoms with van der Waals surface area (Å²) in [7, 11) is 0. The predicted molar refractivity (Wildman–Crippen MR) is 138 cm³/mol. The van der Waals surface area contributed by atoms with Crippen LogP contribution in [0, 0.1) is 0 Å². The fourth-order valence-corrected chi connectivity index (χ4v) is 5.28. The zero-order valence-electron chi connectivity index (χ0n) is 18.8. The van der Waals surface area contributed by atoms with Crippen LogP contribution >= 0.6 is 34.7 Å². The van der Waals surface area contributed by atoms with E-state index in [2.05, 4.69) is 32.4 Å². The van der Waals surface area contributed by atoms with Gasteiger partial charge in [0.1, 0.15) is 10.7 Å². The summed E-state index contributed by atoms with van der Waals surface area (Å²) in [6.07, 6.45) is 7.94. The van der Waals surface area contributed by atoms with Crippen LogP contribution < -0.4 is 5.32 Å². The number of amides is 1. The van der Waals surface area contributed by atoms with Crippen LogP contribution in [0.15, 0.2) is 59.3 Å². The largest absolute Gasteiger partial charge is 0.351 e. The van der Waals surface area contributed by atoms with Gasteiger partial charge in [0.15, 0.2) is 11.0 Å². The number of nitrogens with one attached hydrogen (secondary N) is 1. The summed E-state index contributed by atoms with van der Waals surface area (Å²) < 4.78 is 1.98. The van der Waals surface area contributed by atoms with E-state index in [1.807, 2.05) is 41.0 Å². The number of aromatic nitrogens is 5. The van der Waals surface area contributed by atoms with Crippen molar-refractivity contribution in [2.75, 3.05) is 6.54 Å². The van der Waals surface area contributed by atoms with E-state index >= 15 is 0 Å². The molecular weight excluding hydrogens is 488 g/mol. The number of carbonyl (C=O) groups is 1. The Morgan fingerprint density at radius 1 is 1.15 bits per heavy atom. The summed E-state index contributed by atoms with van der Waals surface area (Å²) in [5, 5.41) is 15.8. The third kappa shape index (κ3) is 6.22. The highest BCUT2D eigenvalue weighted by atomic mass is 35.5. The summed E-state index contributed by atoms with van der Waals surface area (Å²) in [4.78, 5) is 21.0. The van der Waals surface area contributed by atoms with E-state index < -0.39 is 0 Å². The summed E-state index contributed by atoms with van der Waals surface area (Å²) in [5.74, 6) is 1.16. The van der Waals surface area contributed by atoms with Gasteiger partial charge in [0.25, 0.3) is 5.91 Å². The maximum atomic E-state index is 12.4. The first-order chi connectivity index (χ1) is 16.7. The number of halogens is 1. The molecule has 0 atom stereocenters. The number of rotatable bonds is 11. The standard InChI is InChI=1S/C24H25ClN6OS2/c1-2-3-4-5-11-27-23(32)20-15-33-21(28-20)16-34-24-30-29-22(17-9-12-26-13-10-17)31(24)19-8-6-7-18(25)14-19/h6-10,12-15H,2-5,11,16H2,1H3,(H,27,32). The van der Waals surface area contributed by atoms with Crippen molar-refractivity contribution in [2.24, 2.45) is 0 Å². The molecule has 1 aromatic carbocycles. The fourth-order valence-electron chi connectivity index (χ4n) is 3.35. The highest BCUT2D eigenvalue weighted by Crippen LogP contribution is 2.31. The molecule has 0 aliphatic heterocycles. The highest BCUT2D eigenvalue weighted by Gasteiger charge is 2.18. The van der Waals surface area contributed by atoms with Gasteiger partial charge in [-0.25, -0.2) is 4.98 Å². The minimum atomic E-state index is -0.119. The molecule has 1 amide bonds. The third-order valence-electron chi connectivity index (χ3n) is 5.06. The monoisotopic (exact) mass is 512 g/mol. The van der Waals surface area contributed by atoms with E-state index in [4.69, 9.17) is 11.6 Å². The molecule has 7 nitrogen and oxygen atoms in total. The number of hydrogen-bond donors (Lipinski definition) is 1. The van der Waals surface area contributed by atoms with E-state index in [0.29, 0.717) is 34.0 Å². The molecule has 0 unspecified atom stereocenters. The molecular formula is C24H25ClN6OS2. The molecule has 0 spiro atoms. The van der Waals surface area contributed by atoms with Gasteiger partial charge in [0.2, 0.25) is 0 Å². The van der Waals surface area contributed by atoms with Gasteiger partial charge in [0.05, 0.1) is 11.4 Å². The second kappa shape index (κ2) is 12.1. The maximum Gasteiger partial charge on any atom is 0.270 e. The molecule has 0 aliphatic carbocycles. The van der Waals surface area contributed by atoms with Crippen molar-refractivity contribution in [2.45, 2.75) is 43.5 Å². The third-order valence-corrected chi connectivity index (χ3v) is 7.27. The summed E-state index contributed by atoms with van der Waals surface area (Å²) in [6.45, 7) is 2.85. The Morgan fingerprint density at radius 3 is 2.79 bits per heavy atom. The number of thioether (sulfide) groups is 1. The summed E-state index contributed by atoms with van der Waals surface area (Å²) in [6, 6.07) is 11.4. The molecule has 34 heavy (non-hydrogen) atoms. The van der Waals surface area contributed by atoms with Crippen molar-refractivity contribution in [3.63, 3.8) is 0 Å². The lowest BCUT2D eigenvalue weighted by atomic mass is 10.2. The number of hydrogen-bond acceptors (Lipinski definition) is 7. The van der Waals surface area contributed by atoms with Crippen molar-refractivity contribution in [3.8, 4) is 17.1 Å². The second-order valence-corrected chi connectivity index (χ2v) is 9.91. The number of benzene rings is 1. The van der Waals surface area contributed by atoms with Crippen LogP contribution in [-0.2, 0) is 5.75 Å². The second-order valence-electron chi connectivity index (χ2n) is 7.59. The molecule has 0 saturated carbocycles. The molecule has 4 rings (SSSR count). The molecule has 4 aromatic rings. The van der Waals surface area contributed by atoms with E-state index in [1.54, 1.807) is 17.8 Å². The van der Waals surface area contributed by atoms with Crippen LogP contribution in [0.2, 0.25) is 5.02 Å².